The maximum absolute atomic E-state index is 12.4. The van der Waals surface area contributed by atoms with Crippen molar-refractivity contribution >= 4 is 16.0 Å². The normalized spacial score (nSPS) is 19.5. The Morgan fingerprint density at radius 1 is 1.27 bits per heavy atom. The molecule has 0 amide bonds. The van der Waals surface area contributed by atoms with E-state index in [-0.39, 0.29) is 11.0 Å². The van der Waals surface area contributed by atoms with Gasteiger partial charge in [0.2, 0.25) is 15.6 Å². The van der Waals surface area contributed by atoms with Crippen LogP contribution in [0.2, 0.25) is 0 Å². The zero-order valence-corrected chi connectivity index (χ0v) is 16.0. The lowest BCUT2D eigenvalue weighted by molar-refractivity contribution is -0.182. The molecule has 0 saturated heterocycles. The van der Waals surface area contributed by atoms with E-state index >= 15 is 0 Å². The Kier molecular flexibility index (Phi) is 6.79. The topological polar surface area (TPSA) is 113 Å². The fourth-order valence-electron chi connectivity index (χ4n) is 2.83. The second-order valence-corrected chi connectivity index (χ2v) is 8.67. The van der Waals surface area contributed by atoms with Crippen molar-refractivity contribution in [3.63, 3.8) is 0 Å². The van der Waals surface area contributed by atoms with E-state index in [1.54, 1.807) is 12.1 Å². The summed E-state index contributed by atoms with van der Waals surface area (Å²) in [6.45, 7) is 2.38. The van der Waals surface area contributed by atoms with E-state index in [4.69, 9.17) is 4.74 Å². The summed E-state index contributed by atoms with van der Waals surface area (Å²) in [6, 6.07) is 6.15. The second kappa shape index (κ2) is 8.47. The summed E-state index contributed by atoms with van der Waals surface area (Å²) in [4.78, 5) is 12.4. The van der Waals surface area contributed by atoms with Crippen LogP contribution in [0.1, 0.15) is 44.6 Å². The van der Waals surface area contributed by atoms with Gasteiger partial charge in [0.15, 0.2) is 0 Å². The Balaban J connectivity index is 2.08. The molecule has 2 atom stereocenters. The van der Waals surface area contributed by atoms with Gasteiger partial charge in [0, 0.05) is 0 Å². The van der Waals surface area contributed by atoms with Gasteiger partial charge >= 0.3 is 5.97 Å². The number of rotatable bonds is 7. The van der Waals surface area contributed by atoms with Gasteiger partial charge in [0.1, 0.15) is 6.10 Å². The quantitative estimate of drug-likeness (QED) is 0.609. The molecule has 0 unspecified atom stereocenters. The van der Waals surface area contributed by atoms with Gasteiger partial charge in [-0.05, 0) is 51.7 Å². The van der Waals surface area contributed by atoms with E-state index in [9.17, 15) is 23.4 Å². The minimum Gasteiger partial charge on any atom is -0.460 e. The lowest BCUT2D eigenvalue weighted by Crippen LogP contribution is -2.57. The molecule has 8 heteroatoms. The summed E-state index contributed by atoms with van der Waals surface area (Å²) in [5, 5.41) is 20.5. The zero-order valence-electron chi connectivity index (χ0n) is 15.1. The number of hydrogen-bond acceptors (Lipinski definition) is 6. The van der Waals surface area contributed by atoms with Gasteiger partial charge in [-0.25, -0.2) is 17.9 Å². The van der Waals surface area contributed by atoms with Gasteiger partial charge in [0.25, 0.3) is 0 Å². The highest BCUT2D eigenvalue weighted by molar-refractivity contribution is 7.89. The summed E-state index contributed by atoms with van der Waals surface area (Å²) in [5.74, 6) is -1.01. The largest absolute Gasteiger partial charge is 0.460 e. The third-order valence-corrected chi connectivity index (χ3v) is 6.15. The Bertz CT molecular complexity index is 710. The molecule has 1 aromatic rings. The van der Waals surface area contributed by atoms with E-state index < -0.39 is 34.2 Å². The lowest BCUT2D eigenvalue weighted by Gasteiger charge is -2.31. The molecule has 146 valence electrons. The number of ether oxygens (including phenoxy) is 1. The Hall–Kier alpha value is -1.48. The first-order valence-electron chi connectivity index (χ1n) is 8.83. The Labute approximate surface area is 154 Å². The standard InChI is InChI=1S/C18H27NO6S/c1-13-8-10-16(11-9-13)26(23,24)19-12-18(22,14(2)20)17(21)25-15-6-4-3-5-7-15/h8-11,14-15,19-20,22H,3-7,12H2,1-2H3/t14-,18+/m0/s1. The third-order valence-electron chi connectivity index (χ3n) is 4.73. The predicted octanol–water partition coefficient (Wildman–Crippen LogP) is 1.26. The molecular formula is C18H27NO6S. The van der Waals surface area contributed by atoms with Crippen LogP contribution < -0.4 is 4.72 Å². The minimum atomic E-state index is -3.94. The monoisotopic (exact) mass is 385 g/mol. The molecule has 26 heavy (non-hydrogen) atoms. The molecule has 0 radical (unpaired) electrons. The number of nitrogens with one attached hydrogen (secondary N) is 1. The molecule has 0 aromatic heterocycles. The summed E-state index contributed by atoms with van der Waals surface area (Å²) < 4.78 is 32.3. The predicted molar refractivity (Wildman–Crippen MR) is 96.0 cm³/mol. The van der Waals surface area contributed by atoms with Gasteiger partial charge in [-0.2, -0.15) is 0 Å². The van der Waals surface area contributed by atoms with Gasteiger partial charge in [-0.3, -0.25) is 0 Å². The van der Waals surface area contributed by atoms with Crippen LogP contribution in [-0.4, -0.2) is 49.0 Å². The molecule has 0 spiro atoms. The number of benzene rings is 1. The molecule has 1 aliphatic carbocycles. The molecule has 1 fully saturated rings. The first-order valence-corrected chi connectivity index (χ1v) is 10.3. The molecule has 0 bridgehead atoms. The summed E-state index contributed by atoms with van der Waals surface area (Å²) in [6.07, 6.45) is 2.55. The second-order valence-electron chi connectivity index (χ2n) is 6.90. The third kappa shape index (κ3) is 5.03. The number of aliphatic hydroxyl groups excluding tert-OH is 1. The number of sulfonamides is 1. The van der Waals surface area contributed by atoms with E-state index in [2.05, 4.69) is 4.72 Å². The molecular weight excluding hydrogens is 358 g/mol. The Morgan fingerprint density at radius 3 is 2.38 bits per heavy atom. The van der Waals surface area contributed by atoms with Crippen LogP contribution in [0.15, 0.2) is 29.2 Å². The fraction of sp³-hybridized carbons (Fsp3) is 0.611. The average Bonchev–Trinajstić information content (AvgIpc) is 2.60. The zero-order chi connectivity index (χ0) is 19.4. The molecule has 0 heterocycles. The smallest absolute Gasteiger partial charge is 0.342 e. The highest BCUT2D eigenvalue weighted by Crippen LogP contribution is 2.23. The molecule has 1 aliphatic rings. The van der Waals surface area contributed by atoms with Crippen molar-refractivity contribution < 1.29 is 28.2 Å². The van der Waals surface area contributed by atoms with Gasteiger partial charge in [0.05, 0.1) is 17.5 Å². The van der Waals surface area contributed by atoms with Gasteiger partial charge < -0.3 is 14.9 Å². The van der Waals surface area contributed by atoms with Gasteiger partial charge in [-0.15, -0.1) is 0 Å². The van der Waals surface area contributed by atoms with E-state index in [1.165, 1.54) is 19.1 Å². The van der Waals surface area contributed by atoms with Crippen LogP contribution in [-0.2, 0) is 19.6 Å². The minimum absolute atomic E-state index is 0.0108. The molecule has 1 aromatic carbocycles. The van der Waals surface area contributed by atoms with Crippen LogP contribution in [0.25, 0.3) is 0 Å². The first-order chi connectivity index (χ1) is 12.1. The fourth-order valence-corrected chi connectivity index (χ4v) is 3.90. The van der Waals surface area contributed by atoms with Crippen molar-refractivity contribution in [2.24, 2.45) is 0 Å². The molecule has 1 saturated carbocycles. The van der Waals surface area contributed by atoms with Crippen LogP contribution in [0.4, 0.5) is 0 Å². The molecule has 3 N–H and O–H groups in total. The van der Waals surface area contributed by atoms with Crippen molar-refractivity contribution in [1.29, 1.82) is 0 Å². The van der Waals surface area contributed by atoms with E-state index in [1.807, 2.05) is 6.92 Å². The molecule has 0 aliphatic heterocycles. The van der Waals surface area contributed by atoms with Crippen molar-refractivity contribution in [3.05, 3.63) is 29.8 Å². The number of aliphatic hydroxyl groups is 2. The van der Waals surface area contributed by atoms with Crippen LogP contribution in [0.3, 0.4) is 0 Å². The van der Waals surface area contributed by atoms with Crippen molar-refractivity contribution in [2.45, 2.75) is 68.7 Å². The van der Waals surface area contributed by atoms with Crippen LogP contribution >= 0.6 is 0 Å². The Morgan fingerprint density at radius 2 is 1.85 bits per heavy atom. The van der Waals surface area contributed by atoms with E-state index in [0.717, 1.165) is 24.8 Å². The van der Waals surface area contributed by atoms with Gasteiger partial charge in [-0.1, -0.05) is 24.1 Å². The first kappa shape index (κ1) is 20.8. The lowest BCUT2D eigenvalue weighted by atomic mass is 9.96. The highest BCUT2D eigenvalue weighted by Gasteiger charge is 2.44. The van der Waals surface area contributed by atoms with Crippen LogP contribution in [0, 0.1) is 6.92 Å². The highest BCUT2D eigenvalue weighted by atomic mass is 32.2. The number of esters is 1. The maximum Gasteiger partial charge on any atom is 0.342 e. The average molecular weight is 385 g/mol. The number of aryl methyl sites for hydroxylation is 1. The maximum atomic E-state index is 12.4. The number of carbonyl (C=O) groups is 1. The molecule has 2 rings (SSSR count). The summed E-state index contributed by atoms with van der Waals surface area (Å²) >= 11 is 0. The summed E-state index contributed by atoms with van der Waals surface area (Å²) in [5.41, 5.74) is -1.45. The van der Waals surface area contributed by atoms with Crippen molar-refractivity contribution in [3.8, 4) is 0 Å². The van der Waals surface area contributed by atoms with Crippen molar-refractivity contribution in [2.75, 3.05) is 6.54 Å². The van der Waals surface area contributed by atoms with Crippen LogP contribution in [0.5, 0.6) is 0 Å². The number of hydrogen-bond donors (Lipinski definition) is 3. The SMILES string of the molecule is Cc1ccc(S(=O)(=O)NC[C@](O)(C(=O)OC2CCCCC2)[C@H](C)O)cc1. The summed E-state index contributed by atoms with van der Waals surface area (Å²) in [7, 11) is -3.94. The molecule has 7 nitrogen and oxygen atoms in total. The van der Waals surface area contributed by atoms with E-state index in [0.29, 0.717) is 12.8 Å². The number of carbonyl (C=O) groups excluding carboxylic acids is 1. The van der Waals surface area contributed by atoms with Crippen molar-refractivity contribution in [1.82, 2.24) is 4.72 Å².